The number of likely N-dealkylation sites (tertiary alicyclic amines) is 1. The average molecular weight is 373 g/mol. The molecule has 1 aromatic rings. The molecule has 2 saturated heterocycles. The number of nitrogens with one attached hydrogen (secondary N) is 1. The second-order valence-corrected chi connectivity index (χ2v) is 7.09. The number of hydrogen-bond acceptors (Lipinski definition) is 5. The molecule has 1 aromatic heterocycles. The topological polar surface area (TPSA) is 85.8 Å². The summed E-state index contributed by atoms with van der Waals surface area (Å²) in [6, 6.07) is 3.78. The van der Waals surface area contributed by atoms with Crippen molar-refractivity contribution in [2.75, 3.05) is 45.8 Å². The molecule has 3 heterocycles. The first-order valence-corrected chi connectivity index (χ1v) is 9.51. The van der Waals surface area contributed by atoms with E-state index in [-0.39, 0.29) is 30.1 Å². The lowest BCUT2D eigenvalue weighted by atomic mass is 10.1. The van der Waals surface area contributed by atoms with Crippen molar-refractivity contribution >= 4 is 17.7 Å². The summed E-state index contributed by atoms with van der Waals surface area (Å²) in [5, 5.41) is 2.79. The summed E-state index contributed by atoms with van der Waals surface area (Å²) < 4.78 is 0. The third-order valence-corrected chi connectivity index (χ3v) is 5.09. The van der Waals surface area contributed by atoms with Gasteiger partial charge in [-0.25, -0.2) is 0 Å². The van der Waals surface area contributed by atoms with Gasteiger partial charge in [0.15, 0.2) is 0 Å². The first kappa shape index (κ1) is 19.3. The number of carbonyl (C=O) groups is 3. The van der Waals surface area contributed by atoms with E-state index >= 15 is 0 Å². The van der Waals surface area contributed by atoms with Gasteiger partial charge in [0.1, 0.15) is 0 Å². The SMILES string of the molecule is CCNC(=O)CN1CCN(C(=O)[C@H]2CC(=O)N(Cc3cccnc3)C2)CC1. The Kier molecular flexibility index (Phi) is 6.39. The molecule has 146 valence electrons. The zero-order valence-electron chi connectivity index (χ0n) is 15.8. The van der Waals surface area contributed by atoms with E-state index in [9.17, 15) is 14.4 Å². The smallest absolute Gasteiger partial charge is 0.234 e. The van der Waals surface area contributed by atoms with E-state index < -0.39 is 0 Å². The van der Waals surface area contributed by atoms with Gasteiger partial charge in [-0.2, -0.15) is 0 Å². The summed E-state index contributed by atoms with van der Waals surface area (Å²) in [5.74, 6) is -0.185. The Bertz CT molecular complexity index is 673. The number of carbonyl (C=O) groups excluding carboxylic acids is 3. The molecular formula is C19H27N5O3. The maximum Gasteiger partial charge on any atom is 0.234 e. The van der Waals surface area contributed by atoms with Crippen LogP contribution in [-0.2, 0) is 20.9 Å². The van der Waals surface area contributed by atoms with Crippen molar-refractivity contribution < 1.29 is 14.4 Å². The first-order chi connectivity index (χ1) is 13.1. The van der Waals surface area contributed by atoms with Crippen LogP contribution >= 0.6 is 0 Å². The highest BCUT2D eigenvalue weighted by atomic mass is 16.2. The molecule has 8 heteroatoms. The van der Waals surface area contributed by atoms with Crippen LogP contribution in [0.1, 0.15) is 18.9 Å². The van der Waals surface area contributed by atoms with E-state index in [1.807, 2.05) is 24.0 Å². The summed E-state index contributed by atoms with van der Waals surface area (Å²) in [4.78, 5) is 46.5. The third-order valence-electron chi connectivity index (χ3n) is 5.09. The van der Waals surface area contributed by atoms with Crippen molar-refractivity contribution in [2.45, 2.75) is 19.9 Å². The largest absolute Gasteiger partial charge is 0.355 e. The molecule has 0 saturated carbocycles. The predicted octanol–water partition coefficient (Wildman–Crippen LogP) is -0.290. The molecule has 2 aliphatic rings. The minimum atomic E-state index is -0.274. The zero-order chi connectivity index (χ0) is 19.2. The van der Waals surface area contributed by atoms with Gasteiger partial charge in [0.2, 0.25) is 17.7 Å². The van der Waals surface area contributed by atoms with Crippen LogP contribution in [0.2, 0.25) is 0 Å². The van der Waals surface area contributed by atoms with Crippen LogP contribution < -0.4 is 5.32 Å². The van der Waals surface area contributed by atoms with Crippen LogP contribution in [0.4, 0.5) is 0 Å². The number of amides is 3. The quantitative estimate of drug-likeness (QED) is 0.741. The van der Waals surface area contributed by atoms with Gasteiger partial charge >= 0.3 is 0 Å². The summed E-state index contributed by atoms with van der Waals surface area (Å²) >= 11 is 0. The fraction of sp³-hybridized carbons (Fsp3) is 0.579. The third kappa shape index (κ3) is 5.03. The monoisotopic (exact) mass is 373 g/mol. The van der Waals surface area contributed by atoms with Crippen molar-refractivity contribution in [3.05, 3.63) is 30.1 Å². The van der Waals surface area contributed by atoms with E-state index in [0.717, 1.165) is 5.56 Å². The Morgan fingerprint density at radius 1 is 1.26 bits per heavy atom. The number of aromatic nitrogens is 1. The maximum absolute atomic E-state index is 12.8. The highest BCUT2D eigenvalue weighted by Crippen LogP contribution is 2.22. The van der Waals surface area contributed by atoms with Gasteiger partial charge in [0, 0.05) is 64.6 Å². The van der Waals surface area contributed by atoms with Crippen molar-refractivity contribution in [2.24, 2.45) is 5.92 Å². The molecule has 3 amide bonds. The number of pyridine rings is 1. The lowest BCUT2D eigenvalue weighted by Gasteiger charge is -2.35. The van der Waals surface area contributed by atoms with Crippen LogP contribution in [0.25, 0.3) is 0 Å². The number of likely N-dealkylation sites (N-methyl/N-ethyl adjacent to an activating group) is 1. The van der Waals surface area contributed by atoms with Gasteiger partial charge in [0.25, 0.3) is 0 Å². The van der Waals surface area contributed by atoms with Gasteiger partial charge in [0.05, 0.1) is 12.5 Å². The highest BCUT2D eigenvalue weighted by molar-refractivity contribution is 5.89. The maximum atomic E-state index is 12.8. The van der Waals surface area contributed by atoms with Crippen molar-refractivity contribution in [1.82, 2.24) is 25.0 Å². The summed E-state index contributed by atoms with van der Waals surface area (Å²) in [6.07, 6.45) is 3.72. The standard InChI is InChI=1S/C19H27N5O3/c1-2-21-17(25)14-22-6-8-23(9-7-22)19(27)16-10-18(26)24(13-16)12-15-4-3-5-20-11-15/h3-5,11,16H,2,6-10,12-14H2,1H3,(H,21,25)/t16-/m0/s1. The van der Waals surface area contributed by atoms with E-state index in [1.54, 1.807) is 17.3 Å². The minimum absolute atomic E-state index is 0.0182. The van der Waals surface area contributed by atoms with Gasteiger partial charge < -0.3 is 15.1 Å². The van der Waals surface area contributed by atoms with Crippen molar-refractivity contribution in [3.8, 4) is 0 Å². The molecule has 0 spiro atoms. The van der Waals surface area contributed by atoms with Crippen LogP contribution in [0, 0.1) is 5.92 Å². The Morgan fingerprint density at radius 2 is 2.04 bits per heavy atom. The fourth-order valence-corrected chi connectivity index (χ4v) is 3.64. The number of nitrogens with zero attached hydrogens (tertiary/aromatic N) is 4. The lowest BCUT2D eigenvalue weighted by Crippen LogP contribution is -2.52. The summed E-state index contributed by atoms with van der Waals surface area (Å²) in [7, 11) is 0. The molecule has 2 fully saturated rings. The van der Waals surface area contributed by atoms with Crippen molar-refractivity contribution in [3.63, 3.8) is 0 Å². The fourth-order valence-electron chi connectivity index (χ4n) is 3.64. The molecule has 0 radical (unpaired) electrons. The molecule has 0 bridgehead atoms. The zero-order valence-corrected chi connectivity index (χ0v) is 15.8. The van der Waals surface area contributed by atoms with E-state index in [2.05, 4.69) is 15.2 Å². The lowest BCUT2D eigenvalue weighted by molar-refractivity contribution is -0.137. The van der Waals surface area contributed by atoms with Gasteiger partial charge in [-0.3, -0.25) is 24.3 Å². The van der Waals surface area contributed by atoms with E-state index in [0.29, 0.717) is 52.4 Å². The van der Waals surface area contributed by atoms with Crippen LogP contribution in [0.15, 0.2) is 24.5 Å². The van der Waals surface area contributed by atoms with Gasteiger partial charge in [-0.15, -0.1) is 0 Å². The molecule has 1 atom stereocenters. The highest BCUT2D eigenvalue weighted by Gasteiger charge is 2.37. The van der Waals surface area contributed by atoms with E-state index in [4.69, 9.17) is 0 Å². The number of rotatable bonds is 6. The van der Waals surface area contributed by atoms with E-state index in [1.165, 1.54) is 0 Å². The molecule has 0 aliphatic carbocycles. The second-order valence-electron chi connectivity index (χ2n) is 7.09. The molecule has 1 N–H and O–H groups in total. The molecular weight excluding hydrogens is 346 g/mol. The first-order valence-electron chi connectivity index (χ1n) is 9.51. The van der Waals surface area contributed by atoms with Crippen LogP contribution in [0.3, 0.4) is 0 Å². The Labute approximate surface area is 159 Å². The average Bonchev–Trinajstić information content (AvgIpc) is 3.03. The molecule has 0 unspecified atom stereocenters. The molecule has 2 aliphatic heterocycles. The normalized spacial score (nSPS) is 20.8. The van der Waals surface area contributed by atoms with Crippen LogP contribution in [-0.4, -0.2) is 83.2 Å². The van der Waals surface area contributed by atoms with Crippen LogP contribution in [0.5, 0.6) is 0 Å². The van der Waals surface area contributed by atoms with Gasteiger partial charge in [-0.1, -0.05) is 6.07 Å². The summed E-state index contributed by atoms with van der Waals surface area (Å²) in [6.45, 7) is 6.43. The summed E-state index contributed by atoms with van der Waals surface area (Å²) in [5.41, 5.74) is 0.970. The van der Waals surface area contributed by atoms with Crippen molar-refractivity contribution in [1.29, 1.82) is 0 Å². The minimum Gasteiger partial charge on any atom is -0.355 e. The Balaban J connectivity index is 1.47. The number of piperazine rings is 1. The molecule has 3 rings (SSSR count). The molecule has 0 aromatic carbocycles. The molecule has 8 nitrogen and oxygen atoms in total. The number of hydrogen-bond donors (Lipinski definition) is 1. The molecule has 27 heavy (non-hydrogen) atoms. The predicted molar refractivity (Wildman–Crippen MR) is 99.5 cm³/mol. The second kappa shape index (κ2) is 8.94. The van der Waals surface area contributed by atoms with Gasteiger partial charge in [-0.05, 0) is 18.6 Å². The Hall–Kier alpha value is -2.48. The Morgan fingerprint density at radius 3 is 2.70 bits per heavy atom.